The molecular weight excluding hydrogens is 484 g/mol. The first kappa shape index (κ1) is 26.9. The van der Waals surface area contributed by atoms with Crippen molar-refractivity contribution in [3.8, 4) is 22.8 Å². The zero-order chi connectivity index (χ0) is 27.7. The SMILES string of the molecule is CNc1c#cc(-c2oc(-c3ccc(C(C)(C)C)cc3)nc2C(=O)NCc2ccc(C)cc2C(C)(F)F)cc1. The van der Waals surface area contributed by atoms with Crippen molar-refractivity contribution in [2.75, 3.05) is 12.4 Å². The Bertz CT molecular complexity index is 1430. The molecule has 0 spiro atoms. The van der Waals surface area contributed by atoms with Gasteiger partial charge in [-0.1, -0.05) is 56.7 Å². The molecule has 1 amide bonds. The van der Waals surface area contributed by atoms with Crippen LogP contribution in [-0.2, 0) is 17.9 Å². The Morgan fingerprint density at radius 2 is 1.71 bits per heavy atom. The highest BCUT2D eigenvalue weighted by molar-refractivity contribution is 5.98. The summed E-state index contributed by atoms with van der Waals surface area (Å²) in [6.45, 7) is 8.89. The average molecular weight is 516 g/mol. The molecule has 0 fully saturated rings. The molecule has 38 heavy (non-hydrogen) atoms. The van der Waals surface area contributed by atoms with Crippen molar-refractivity contribution in [1.29, 1.82) is 0 Å². The van der Waals surface area contributed by atoms with E-state index in [1.165, 1.54) is 6.07 Å². The maximum Gasteiger partial charge on any atom is 0.274 e. The van der Waals surface area contributed by atoms with Crippen molar-refractivity contribution < 1.29 is 18.0 Å². The lowest BCUT2D eigenvalue weighted by Gasteiger charge is -2.18. The molecule has 0 radical (unpaired) electrons. The molecule has 5 nitrogen and oxygen atoms in total. The Balaban J connectivity index is 1.69. The number of carbonyl (C=O) groups is 1. The van der Waals surface area contributed by atoms with Gasteiger partial charge in [0.05, 0.1) is 11.3 Å². The summed E-state index contributed by atoms with van der Waals surface area (Å²) in [6.07, 6.45) is 0. The fourth-order valence-electron chi connectivity index (χ4n) is 4.07. The molecule has 0 aliphatic heterocycles. The van der Waals surface area contributed by atoms with E-state index in [4.69, 9.17) is 4.42 Å². The van der Waals surface area contributed by atoms with Gasteiger partial charge in [-0.05, 0) is 59.9 Å². The van der Waals surface area contributed by atoms with E-state index < -0.39 is 11.8 Å². The largest absolute Gasteiger partial charge is 0.435 e. The smallest absolute Gasteiger partial charge is 0.274 e. The van der Waals surface area contributed by atoms with Crippen molar-refractivity contribution in [2.24, 2.45) is 0 Å². The van der Waals surface area contributed by atoms with Crippen LogP contribution in [0.15, 0.2) is 59.0 Å². The predicted octanol–water partition coefficient (Wildman–Crippen LogP) is 7.30. The number of oxazole rings is 1. The standard InChI is InChI=1S/C31H31F2N3O2/c1-19-7-8-22(25(17-19)31(5,32)33)18-35-28(37)26-27(20-11-15-24(34-6)16-12-20)38-29(36-26)21-9-13-23(14-10-21)30(2,3)4/h7-11,13-15,17,34H,18H2,1-6H3,(H,35,37). The molecule has 3 aromatic carbocycles. The number of rotatable bonds is 7. The van der Waals surface area contributed by atoms with Crippen LogP contribution in [0.5, 0.6) is 0 Å². The molecular formula is C31H31F2N3O2. The number of carbonyl (C=O) groups excluding carboxylic acids is 1. The summed E-state index contributed by atoms with van der Waals surface area (Å²) in [5.41, 5.74) is 4.03. The van der Waals surface area contributed by atoms with Gasteiger partial charge in [0.15, 0.2) is 11.5 Å². The molecule has 0 atom stereocenters. The lowest BCUT2D eigenvalue weighted by Crippen LogP contribution is -2.25. The number of aryl methyl sites for hydroxylation is 1. The second-order valence-corrected chi connectivity index (χ2v) is 10.4. The van der Waals surface area contributed by atoms with E-state index in [0.29, 0.717) is 22.3 Å². The summed E-state index contributed by atoms with van der Waals surface area (Å²) >= 11 is 0. The van der Waals surface area contributed by atoms with E-state index in [9.17, 15) is 13.6 Å². The van der Waals surface area contributed by atoms with Crippen molar-refractivity contribution in [3.05, 3.63) is 94.7 Å². The quantitative estimate of drug-likeness (QED) is 0.271. The molecule has 0 saturated carbocycles. The lowest BCUT2D eigenvalue weighted by atomic mass is 9.87. The number of benzene rings is 2. The fraction of sp³-hybridized carbons (Fsp3) is 0.290. The second-order valence-electron chi connectivity index (χ2n) is 10.4. The van der Waals surface area contributed by atoms with E-state index >= 15 is 0 Å². The molecule has 0 unspecified atom stereocenters. The number of nitrogens with one attached hydrogen (secondary N) is 2. The Morgan fingerprint density at radius 3 is 2.29 bits per heavy atom. The van der Waals surface area contributed by atoms with Crippen LogP contribution < -0.4 is 10.6 Å². The molecule has 0 bridgehead atoms. The van der Waals surface area contributed by atoms with Crippen LogP contribution in [0, 0.1) is 19.1 Å². The number of amides is 1. The zero-order valence-corrected chi connectivity index (χ0v) is 22.4. The molecule has 1 heterocycles. The highest BCUT2D eigenvalue weighted by atomic mass is 19.3. The summed E-state index contributed by atoms with van der Waals surface area (Å²) in [4.78, 5) is 17.8. The van der Waals surface area contributed by atoms with Crippen LogP contribution >= 0.6 is 0 Å². The molecule has 4 aromatic rings. The summed E-state index contributed by atoms with van der Waals surface area (Å²) in [5.74, 6) is -3.09. The Kier molecular flexibility index (Phi) is 7.28. The minimum Gasteiger partial charge on any atom is -0.435 e. The number of halogens is 2. The van der Waals surface area contributed by atoms with Crippen LogP contribution in [0.1, 0.15) is 60.4 Å². The molecule has 196 valence electrons. The first-order valence-electron chi connectivity index (χ1n) is 12.4. The van der Waals surface area contributed by atoms with Crippen molar-refractivity contribution in [3.63, 3.8) is 0 Å². The molecule has 7 heteroatoms. The third-order valence-electron chi connectivity index (χ3n) is 6.28. The van der Waals surface area contributed by atoms with Gasteiger partial charge in [-0.25, -0.2) is 13.8 Å². The minimum atomic E-state index is -3.04. The number of nitrogens with zero attached hydrogens (tertiary/aromatic N) is 1. The maximum atomic E-state index is 14.2. The highest BCUT2D eigenvalue weighted by Crippen LogP contribution is 2.33. The van der Waals surface area contributed by atoms with Gasteiger partial charge in [0, 0.05) is 31.6 Å². The van der Waals surface area contributed by atoms with Crippen molar-refractivity contribution >= 4 is 11.6 Å². The van der Waals surface area contributed by atoms with E-state index in [2.05, 4.69) is 48.5 Å². The number of anilines is 1. The third-order valence-corrected chi connectivity index (χ3v) is 6.28. The number of alkyl halides is 2. The van der Waals surface area contributed by atoms with E-state index in [1.54, 1.807) is 38.2 Å². The molecule has 0 aliphatic rings. The van der Waals surface area contributed by atoms with Crippen LogP contribution in [0.4, 0.5) is 14.5 Å². The third kappa shape index (κ3) is 5.86. The normalized spacial score (nSPS) is 11.7. The van der Waals surface area contributed by atoms with Crippen LogP contribution in [-0.4, -0.2) is 17.9 Å². The van der Waals surface area contributed by atoms with E-state index in [1.807, 2.05) is 24.3 Å². The molecule has 0 aliphatic carbocycles. The van der Waals surface area contributed by atoms with Crippen LogP contribution in [0.2, 0.25) is 0 Å². The fourth-order valence-corrected chi connectivity index (χ4v) is 4.07. The summed E-state index contributed by atoms with van der Waals surface area (Å²) in [6, 6.07) is 22.1. The number of hydrogen-bond donors (Lipinski definition) is 2. The van der Waals surface area contributed by atoms with Gasteiger partial charge in [-0.15, -0.1) is 0 Å². The second kappa shape index (κ2) is 10.3. The average Bonchev–Trinajstić information content (AvgIpc) is 3.32. The van der Waals surface area contributed by atoms with E-state index in [0.717, 1.165) is 18.2 Å². The van der Waals surface area contributed by atoms with Crippen molar-refractivity contribution in [2.45, 2.75) is 52.5 Å². The molecule has 1 aromatic heterocycles. The molecule has 4 rings (SSSR count). The zero-order valence-electron chi connectivity index (χ0n) is 22.4. The Morgan fingerprint density at radius 1 is 1.00 bits per heavy atom. The van der Waals surface area contributed by atoms with Gasteiger partial charge < -0.3 is 15.1 Å². The minimum absolute atomic E-state index is 0.0185. The van der Waals surface area contributed by atoms with E-state index in [-0.39, 0.29) is 34.9 Å². The first-order valence-corrected chi connectivity index (χ1v) is 12.4. The molecule has 0 saturated heterocycles. The lowest BCUT2D eigenvalue weighted by molar-refractivity contribution is 0.0163. The first-order chi connectivity index (χ1) is 17.9. The topological polar surface area (TPSA) is 67.2 Å². The van der Waals surface area contributed by atoms with Crippen molar-refractivity contribution in [1.82, 2.24) is 10.3 Å². The van der Waals surface area contributed by atoms with Gasteiger partial charge >= 0.3 is 0 Å². The van der Waals surface area contributed by atoms with Gasteiger partial charge in [0.1, 0.15) is 0 Å². The summed E-state index contributed by atoms with van der Waals surface area (Å²) in [5, 5.41) is 5.72. The maximum absolute atomic E-state index is 14.2. The molecule has 2 N–H and O–H groups in total. The Hall–Kier alpha value is -4.18. The summed E-state index contributed by atoms with van der Waals surface area (Å²) in [7, 11) is 1.77. The highest BCUT2D eigenvalue weighted by Gasteiger charge is 2.28. The van der Waals surface area contributed by atoms with Gasteiger partial charge in [0.25, 0.3) is 11.8 Å². The van der Waals surface area contributed by atoms with Gasteiger partial charge in [-0.3, -0.25) is 4.79 Å². The predicted molar refractivity (Wildman–Crippen MR) is 145 cm³/mol. The summed E-state index contributed by atoms with van der Waals surface area (Å²) < 4.78 is 34.5. The van der Waals surface area contributed by atoms with Gasteiger partial charge in [-0.2, -0.15) is 0 Å². The Labute approximate surface area is 222 Å². The monoisotopic (exact) mass is 515 g/mol. The van der Waals surface area contributed by atoms with Crippen LogP contribution in [0.25, 0.3) is 22.8 Å². The van der Waals surface area contributed by atoms with Gasteiger partial charge in [0.2, 0.25) is 5.89 Å². The number of hydrogen-bond acceptors (Lipinski definition) is 4. The number of aromatic nitrogens is 1. The van der Waals surface area contributed by atoms with Crippen LogP contribution in [0.3, 0.4) is 0 Å².